The zero-order valence-corrected chi connectivity index (χ0v) is 19.5. The van der Waals surface area contributed by atoms with Gasteiger partial charge in [-0.25, -0.2) is 13.2 Å². The number of fused-ring (bicyclic) bond motifs is 5. The Morgan fingerprint density at radius 1 is 1.23 bits per heavy atom. The van der Waals surface area contributed by atoms with Gasteiger partial charge in [-0.15, -0.1) is 0 Å². The normalized spacial score (nSPS) is 48.7. The van der Waals surface area contributed by atoms with E-state index in [2.05, 4.69) is 35.9 Å². The van der Waals surface area contributed by atoms with E-state index >= 15 is 0 Å². The second-order valence-electron chi connectivity index (χ2n) is 10.9. The predicted molar refractivity (Wildman–Crippen MR) is 117 cm³/mol. The van der Waals surface area contributed by atoms with Gasteiger partial charge in [0, 0.05) is 6.42 Å². The van der Waals surface area contributed by atoms with E-state index in [1.807, 2.05) is 13.0 Å². The highest BCUT2D eigenvalue weighted by molar-refractivity contribution is 7.88. The molecule has 8 heteroatoms. The maximum atomic E-state index is 11.5. The molecule has 168 valence electrons. The molecule has 0 aliphatic heterocycles. The summed E-state index contributed by atoms with van der Waals surface area (Å²) >= 11 is 0. The molecule has 0 saturated heterocycles. The molecule has 3 N–H and O–H groups in total. The van der Waals surface area contributed by atoms with Crippen molar-refractivity contribution in [2.45, 2.75) is 71.8 Å². The lowest BCUT2D eigenvalue weighted by atomic mass is 9.44. The largest absolute Gasteiger partial charge is 0.411 e. The summed E-state index contributed by atoms with van der Waals surface area (Å²) in [6, 6.07) is 0. The third-order valence-electron chi connectivity index (χ3n) is 9.14. The number of hydrogen-bond acceptors (Lipinski definition) is 6. The van der Waals surface area contributed by atoms with Crippen molar-refractivity contribution in [3.63, 3.8) is 0 Å². The molecule has 0 bridgehead atoms. The predicted octanol–water partition coefficient (Wildman–Crippen LogP) is 3.29. The summed E-state index contributed by atoms with van der Waals surface area (Å²) in [5, 5.41) is 28.4. The Bertz CT molecular complexity index is 938. The van der Waals surface area contributed by atoms with Gasteiger partial charge in [0.2, 0.25) is 10.0 Å². The minimum absolute atomic E-state index is 0.0558. The molecule has 3 saturated carbocycles. The van der Waals surface area contributed by atoms with Gasteiger partial charge in [-0.1, -0.05) is 31.5 Å². The fourth-order valence-corrected chi connectivity index (χ4v) is 8.00. The molecule has 4 rings (SSSR count). The molecular weight excluding hydrogens is 402 g/mol. The lowest BCUT2D eigenvalue weighted by molar-refractivity contribution is -0.136. The Morgan fingerprint density at radius 2 is 1.93 bits per heavy atom. The van der Waals surface area contributed by atoms with Gasteiger partial charge in [-0.3, -0.25) is 0 Å². The maximum Gasteiger partial charge on any atom is 0.244 e. The third-order valence-corrected chi connectivity index (χ3v) is 9.56. The standard InChI is InChI=1S/C22H35N3O4S/c1-13-11-21(3)16(8-9-22(21,4)26)15-7-6-14-10-17(23-25-30(5,28)29)18(24-27)12-20(14,2)19(13)15/h10,13,15-16,19,25-27H,6-9,11-12H2,1-5H3/t13?,15-,16-,19+,20-,21-,22?/m0/s1. The fourth-order valence-electron chi connectivity index (χ4n) is 7.74. The number of aliphatic hydroxyl groups is 1. The first kappa shape index (κ1) is 21.8. The van der Waals surface area contributed by atoms with Crippen LogP contribution in [0.1, 0.15) is 66.2 Å². The number of nitrogens with one attached hydrogen (secondary N) is 1. The van der Waals surface area contributed by atoms with Gasteiger partial charge in [-0.2, -0.15) is 5.10 Å². The van der Waals surface area contributed by atoms with Crippen LogP contribution >= 0.6 is 0 Å². The number of rotatable bonds is 2. The average Bonchev–Trinajstić information content (AvgIpc) is 2.87. The molecule has 0 heterocycles. The Balaban J connectivity index is 1.73. The summed E-state index contributed by atoms with van der Waals surface area (Å²) in [5.41, 5.74) is 1.27. The van der Waals surface area contributed by atoms with Crippen molar-refractivity contribution < 1.29 is 18.7 Å². The molecule has 7 atom stereocenters. The van der Waals surface area contributed by atoms with Crippen molar-refractivity contribution >= 4 is 21.4 Å². The summed E-state index contributed by atoms with van der Waals surface area (Å²) < 4.78 is 22.9. The summed E-state index contributed by atoms with van der Waals surface area (Å²) in [4.78, 5) is 2.17. The van der Waals surface area contributed by atoms with Crippen molar-refractivity contribution in [2.24, 2.45) is 44.8 Å². The van der Waals surface area contributed by atoms with E-state index < -0.39 is 15.6 Å². The van der Waals surface area contributed by atoms with E-state index in [4.69, 9.17) is 0 Å². The monoisotopic (exact) mass is 437 g/mol. The SMILES string of the molecule is CC1C[C@@]2(C)[C@@H](CCC2(C)O)[C@@H]2CCC3=CC(=NNS(C)(=O)=O)C(=NO)C[C@]3(C)[C@H]12. The van der Waals surface area contributed by atoms with E-state index in [-0.39, 0.29) is 10.8 Å². The van der Waals surface area contributed by atoms with Crippen LogP contribution in [0.15, 0.2) is 21.9 Å². The first-order chi connectivity index (χ1) is 13.8. The van der Waals surface area contributed by atoms with E-state index in [1.54, 1.807) is 0 Å². The van der Waals surface area contributed by atoms with Crippen LogP contribution in [0.2, 0.25) is 0 Å². The van der Waals surface area contributed by atoms with Crippen molar-refractivity contribution in [1.29, 1.82) is 0 Å². The summed E-state index contributed by atoms with van der Waals surface area (Å²) in [6.07, 6.45) is 8.45. The second kappa shape index (κ2) is 6.79. The smallest absolute Gasteiger partial charge is 0.244 e. The van der Waals surface area contributed by atoms with Crippen LogP contribution in [0.25, 0.3) is 0 Å². The minimum atomic E-state index is -3.48. The zero-order valence-electron chi connectivity index (χ0n) is 18.6. The quantitative estimate of drug-likeness (QED) is 0.455. The highest BCUT2D eigenvalue weighted by atomic mass is 32.2. The van der Waals surface area contributed by atoms with Gasteiger partial charge in [-0.05, 0) is 79.6 Å². The number of oxime groups is 1. The van der Waals surface area contributed by atoms with Crippen LogP contribution in [-0.2, 0) is 10.0 Å². The first-order valence-electron chi connectivity index (χ1n) is 11.0. The van der Waals surface area contributed by atoms with Gasteiger partial charge >= 0.3 is 0 Å². The van der Waals surface area contributed by atoms with Crippen molar-refractivity contribution in [3.8, 4) is 0 Å². The van der Waals surface area contributed by atoms with Gasteiger partial charge in [0.15, 0.2) is 0 Å². The summed E-state index contributed by atoms with van der Waals surface area (Å²) in [7, 11) is -3.48. The van der Waals surface area contributed by atoms with E-state index in [1.165, 1.54) is 5.57 Å². The summed E-state index contributed by atoms with van der Waals surface area (Å²) in [5.74, 6) is 1.90. The van der Waals surface area contributed by atoms with Gasteiger partial charge in [0.1, 0.15) is 11.4 Å². The van der Waals surface area contributed by atoms with Crippen LogP contribution in [0.3, 0.4) is 0 Å². The maximum absolute atomic E-state index is 11.5. The van der Waals surface area contributed by atoms with Crippen LogP contribution in [0.4, 0.5) is 0 Å². The Kier molecular flexibility index (Phi) is 4.94. The van der Waals surface area contributed by atoms with Crippen LogP contribution in [0, 0.1) is 34.5 Å². The van der Waals surface area contributed by atoms with Crippen molar-refractivity contribution in [3.05, 3.63) is 11.6 Å². The minimum Gasteiger partial charge on any atom is -0.411 e. The van der Waals surface area contributed by atoms with Crippen molar-refractivity contribution in [1.82, 2.24) is 4.83 Å². The lowest BCUT2D eigenvalue weighted by Crippen LogP contribution is -2.57. The first-order valence-corrected chi connectivity index (χ1v) is 12.9. The van der Waals surface area contributed by atoms with Gasteiger partial charge in [0.05, 0.1) is 11.9 Å². The third kappa shape index (κ3) is 3.13. The Morgan fingerprint density at radius 3 is 2.57 bits per heavy atom. The molecule has 0 aromatic carbocycles. The number of hydrazone groups is 1. The van der Waals surface area contributed by atoms with E-state index in [0.717, 1.165) is 38.4 Å². The second-order valence-corrected chi connectivity index (χ2v) is 12.6. The molecule has 0 aromatic heterocycles. The summed E-state index contributed by atoms with van der Waals surface area (Å²) in [6.45, 7) is 8.89. The van der Waals surface area contributed by atoms with Crippen molar-refractivity contribution in [2.75, 3.05) is 6.26 Å². The topological polar surface area (TPSA) is 111 Å². The number of hydrogen-bond donors (Lipinski definition) is 3. The van der Waals surface area contributed by atoms with E-state index in [9.17, 15) is 18.7 Å². The molecule has 4 aliphatic rings. The number of sulfonamides is 1. The van der Waals surface area contributed by atoms with Crippen LogP contribution in [0.5, 0.6) is 0 Å². The molecule has 30 heavy (non-hydrogen) atoms. The van der Waals surface area contributed by atoms with Gasteiger partial charge < -0.3 is 10.3 Å². The van der Waals surface area contributed by atoms with E-state index in [0.29, 0.717) is 41.5 Å². The Hall–Kier alpha value is -1.41. The van der Waals surface area contributed by atoms with Crippen LogP contribution < -0.4 is 4.83 Å². The molecule has 0 aromatic rings. The fraction of sp³-hybridized carbons (Fsp3) is 0.818. The number of allylic oxidation sites excluding steroid dienone is 2. The molecule has 7 nitrogen and oxygen atoms in total. The molecular formula is C22H35N3O4S. The molecule has 0 radical (unpaired) electrons. The zero-order chi connectivity index (χ0) is 22.1. The van der Waals surface area contributed by atoms with Gasteiger partial charge in [0.25, 0.3) is 0 Å². The Labute approximate surface area is 179 Å². The molecule has 3 fully saturated rings. The average molecular weight is 438 g/mol. The molecule has 4 aliphatic carbocycles. The lowest BCUT2D eigenvalue weighted by Gasteiger charge is -2.61. The number of nitrogens with zero attached hydrogens (tertiary/aromatic N) is 2. The molecule has 0 spiro atoms. The molecule has 0 amide bonds. The highest BCUT2D eigenvalue weighted by Crippen LogP contribution is 2.68. The molecule has 2 unspecified atom stereocenters. The van der Waals surface area contributed by atoms with Crippen LogP contribution in [-0.4, -0.2) is 42.0 Å². The highest BCUT2D eigenvalue weighted by Gasteiger charge is 2.64.